The third-order valence-corrected chi connectivity index (χ3v) is 4.66. The minimum absolute atomic E-state index is 0.178. The number of aromatic nitrogens is 1. The van der Waals surface area contributed by atoms with Crippen molar-refractivity contribution in [2.75, 3.05) is 12.4 Å². The van der Waals surface area contributed by atoms with Gasteiger partial charge in [0.05, 0.1) is 30.3 Å². The van der Waals surface area contributed by atoms with Crippen LogP contribution in [0.1, 0.15) is 32.0 Å². The summed E-state index contributed by atoms with van der Waals surface area (Å²) in [5, 5.41) is 7.38. The zero-order chi connectivity index (χ0) is 20.6. The molecule has 29 heavy (non-hydrogen) atoms. The molecule has 3 aromatic rings. The molecule has 0 fully saturated rings. The SMILES string of the molecule is COC(=O)c1cc(CNC(=O)Cc2cscn2)cc(NC(=O)c2ccccc2)c1. The number of carbonyl (C=O) groups is 3. The molecule has 2 aromatic carbocycles. The summed E-state index contributed by atoms with van der Waals surface area (Å²) in [7, 11) is 1.28. The van der Waals surface area contributed by atoms with E-state index in [0.717, 1.165) is 0 Å². The number of ether oxygens (including phenoxy) is 1. The Kier molecular flexibility index (Phi) is 6.70. The molecular weight excluding hydrogens is 390 g/mol. The van der Waals surface area contributed by atoms with E-state index in [9.17, 15) is 14.4 Å². The number of carbonyl (C=O) groups excluding carboxylic acids is 3. The van der Waals surface area contributed by atoms with Gasteiger partial charge in [0.1, 0.15) is 0 Å². The highest BCUT2D eigenvalue weighted by Crippen LogP contribution is 2.17. The second-order valence-electron chi connectivity index (χ2n) is 6.16. The van der Waals surface area contributed by atoms with Crippen molar-refractivity contribution in [2.24, 2.45) is 0 Å². The van der Waals surface area contributed by atoms with Crippen LogP contribution >= 0.6 is 11.3 Å². The van der Waals surface area contributed by atoms with E-state index in [1.165, 1.54) is 24.5 Å². The first-order chi connectivity index (χ1) is 14.0. The number of rotatable bonds is 7. The van der Waals surface area contributed by atoms with Gasteiger partial charge in [-0.3, -0.25) is 9.59 Å². The average molecular weight is 409 g/mol. The van der Waals surface area contributed by atoms with Crippen LogP contribution in [-0.4, -0.2) is 29.9 Å². The van der Waals surface area contributed by atoms with Gasteiger partial charge in [0, 0.05) is 23.2 Å². The van der Waals surface area contributed by atoms with Gasteiger partial charge < -0.3 is 15.4 Å². The Labute approximate surface area is 171 Å². The Morgan fingerprint density at radius 3 is 2.55 bits per heavy atom. The van der Waals surface area contributed by atoms with Crippen molar-refractivity contribution in [2.45, 2.75) is 13.0 Å². The number of thiazole rings is 1. The molecule has 3 rings (SSSR count). The number of amides is 2. The van der Waals surface area contributed by atoms with Crippen molar-refractivity contribution >= 4 is 34.8 Å². The van der Waals surface area contributed by atoms with Crippen LogP contribution in [0.3, 0.4) is 0 Å². The number of nitrogens with zero attached hydrogens (tertiary/aromatic N) is 1. The zero-order valence-corrected chi connectivity index (χ0v) is 16.5. The molecule has 1 aromatic heterocycles. The maximum Gasteiger partial charge on any atom is 0.337 e. The van der Waals surface area contributed by atoms with Crippen LogP contribution < -0.4 is 10.6 Å². The standard InChI is InChI=1S/C21H19N3O4S/c1-28-21(27)16-7-14(11-22-19(25)10-18-12-29-13-23-18)8-17(9-16)24-20(26)15-5-3-2-4-6-15/h2-9,12-13H,10-11H2,1H3,(H,22,25)(H,24,26). The maximum atomic E-state index is 12.4. The van der Waals surface area contributed by atoms with E-state index < -0.39 is 5.97 Å². The number of anilines is 1. The van der Waals surface area contributed by atoms with E-state index >= 15 is 0 Å². The monoisotopic (exact) mass is 409 g/mol. The minimum atomic E-state index is -0.532. The third-order valence-electron chi connectivity index (χ3n) is 4.02. The van der Waals surface area contributed by atoms with Crippen LogP contribution in [-0.2, 0) is 22.5 Å². The molecule has 7 nitrogen and oxygen atoms in total. The predicted octanol–water partition coefficient (Wildman–Crippen LogP) is 3.04. The number of esters is 1. The lowest BCUT2D eigenvalue weighted by molar-refractivity contribution is -0.120. The molecule has 0 unspecified atom stereocenters. The molecule has 0 atom stereocenters. The second-order valence-corrected chi connectivity index (χ2v) is 6.88. The molecule has 0 aliphatic rings. The first kappa shape index (κ1) is 20.2. The van der Waals surface area contributed by atoms with E-state index in [4.69, 9.17) is 4.74 Å². The van der Waals surface area contributed by atoms with Crippen molar-refractivity contribution in [3.63, 3.8) is 0 Å². The van der Waals surface area contributed by atoms with Gasteiger partial charge in [0.15, 0.2) is 0 Å². The van der Waals surface area contributed by atoms with Crippen LogP contribution in [0.15, 0.2) is 59.4 Å². The first-order valence-electron chi connectivity index (χ1n) is 8.77. The summed E-state index contributed by atoms with van der Waals surface area (Å²) in [5.74, 6) is -1.02. The van der Waals surface area contributed by atoms with E-state index in [1.807, 2.05) is 11.4 Å². The summed E-state index contributed by atoms with van der Waals surface area (Å²) < 4.78 is 4.79. The summed E-state index contributed by atoms with van der Waals surface area (Å²) in [6, 6.07) is 13.6. The highest BCUT2D eigenvalue weighted by molar-refractivity contribution is 7.07. The summed E-state index contributed by atoms with van der Waals surface area (Å²) in [6.07, 6.45) is 0.178. The fourth-order valence-electron chi connectivity index (χ4n) is 2.65. The van der Waals surface area contributed by atoms with E-state index in [1.54, 1.807) is 41.9 Å². The molecule has 148 valence electrons. The lowest BCUT2D eigenvalue weighted by Crippen LogP contribution is -2.25. The molecule has 0 aliphatic heterocycles. The highest BCUT2D eigenvalue weighted by atomic mass is 32.1. The number of hydrogen-bond acceptors (Lipinski definition) is 6. The summed E-state index contributed by atoms with van der Waals surface area (Å²) in [6.45, 7) is 0.196. The van der Waals surface area contributed by atoms with Crippen LogP contribution in [0.2, 0.25) is 0 Å². The molecule has 0 saturated heterocycles. The van der Waals surface area contributed by atoms with Gasteiger partial charge in [-0.05, 0) is 35.9 Å². The van der Waals surface area contributed by atoms with Crippen LogP contribution in [0, 0.1) is 0 Å². The lowest BCUT2D eigenvalue weighted by Gasteiger charge is -2.11. The normalized spacial score (nSPS) is 10.2. The fraction of sp³-hybridized carbons (Fsp3) is 0.143. The smallest absolute Gasteiger partial charge is 0.337 e. The third kappa shape index (κ3) is 5.73. The molecular formula is C21H19N3O4S. The molecule has 0 aliphatic carbocycles. The number of nitrogens with one attached hydrogen (secondary N) is 2. The topological polar surface area (TPSA) is 97.4 Å². The Balaban J connectivity index is 1.73. The molecule has 0 saturated carbocycles. The van der Waals surface area contributed by atoms with Crippen LogP contribution in [0.25, 0.3) is 0 Å². The summed E-state index contributed by atoms with van der Waals surface area (Å²) >= 11 is 1.43. The van der Waals surface area contributed by atoms with Crippen molar-refractivity contribution in [3.05, 3.63) is 81.8 Å². The second kappa shape index (κ2) is 9.61. The van der Waals surface area contributed by atoms with Gasteiger partial charge in [-0.2, -0.15) is 0 Å². The Hall–Kier alpha value is -3.52. The Morgan fingerprint density at radius 2 is 1.86 bits per heavy atom. The molecule has 8 heteroatoms. The van der Waals surface area contributed by atoms with Gasteiger partial charge in [-0.1, -0.05) is 18.2 Å². The average Bonchev–Trinajstić information content (AvgIpc) is 3.25. The zero-order valence-electron chi connectivity index (χ0n) is 15.7. The Morgan fingerprint density at radius 1 is 1.07 bits per heavy atom. The minimum Gasteiger partial charge on any atom is -0.465 e. The van der Waals surface area contributed by atoms with Crippen molar-refractivity contribution < 1.29 is 19.1 Å². The van der Waals surface area contributed by atoms with Gasteiger partial charge in [-0.25, -0.2) is 9.78 Å². The van der Waals surface area contributed by atoms with Gasteiger partial charge in [0.25, 0.3) is 5.91 Å². The largest absolute Gasteiger partial charge is 0.465 e. The fourth-order valence-corrected chi connectivity index (χ4v) is 3.21. The molecule has 2 amide bonds. The van der Waals surface area contributed by atoms with Crippen LogP contribution in [0.5, 0.6) is 0 Å². The first-order valence-corrected chi connectivity index (χ1v) is 9.72. The van der Waals surface area contributed by atoms with Gasteiger partial charge in [0.2, 0.25) is 5.91 Å². The van der Waals surface area contributed by atoms with Crippen molar-refractivity contribution in [1.82, 2.24) is 10.3 Å². The molecule has 0 bridgehead atoms. The molecule has 0 radical (unpaired) electrons. The number of methoxy groups -OCH3 is 1. The predicted molar refractivity (Wildman–Crippen MR) is 110 cm³/mol. The van der Waals surface area contributed by atoms with Crippen molar-refractivity contribution in [3.8, 4) is 0 Å². The van der Waals surface area contributed by atoms with Gasteiger partial charge >= 0.3 is 5.97 Å². The molecule has 1 heterocycles. The molecule has 0 spiro atoms. The van der Waals surface area contributed by atoms with Gasteiger partial charge in [-0.15, -0.1) is 11.3 Å². The van der Waals surface area contributed by atoms with E-state index in [-0.39, 0.29) is 30.3 Å². The van der Waals surface area contributed by atoms with Crippen LogP contribution in [0.4, 0.5) is 5.69 Å². The van der Waals surface area contributed by atoms with E-state index in [2.05, 4.69) is 15.6 Å². The highest BCUT2D eigenvalue weighted by Gasteiger charge is 2.13. The van der Waals surface area contributed by atoms with E-state index in [0.29, 0.717) is 22.5 Å². The molecule has 2 N–H and O–H groups in total. The number of hydrogen-bond donors (Lipinski definition) is 2. The summed E-state index contributed by atoms with van der Waals surface area (Å²) in [5.41, 5.74) is 4.24. The lowest BCUT2D eigenvalue weighted by atomic mass is 10.1. The quantitative estimate of drug-likeness (QED) is 0.585. The Bertz CT molecular complexity index is 1000. The maximum absolute atomic E-state index is 12.4. The number of benzene rings is 2. The summed E-state index contributed by atoms with van der Waals surface area (Å²) in [4.78, 5) is 40.6. The van der Waals surface area contributed by atoms with Crippen molar-refractivity contribution in [1.29, 1.82) is 0 Å².